The van der Waals surface area contributed by atoms with Crippen molar-refractivity contribution in [3.05, 3.63) is 6.33 Å². The van der Waals surface area contributed by atoms with Gasteiger partial charge < -0.3 is 10.2 Å². The van der Waals surface area contributed by atoms with Gasteiger partial charge in [-0.1, -0.05) is 25.7 Å². The Balaban J connectivity index is 1.37. The van der Waals surface area contributed by atoms with E-state index in [1.807, 2.05) is 0 Å². The monoisotopic (exact) mass is 334 g/mol. The van der Waals surface area contributed by atoms with Crippen LogP contribution in [0.1, 0.15) is 57.8 Å². The quantitative estimate of drug-likeness (QED) is 0.800. The van der Waals surface area contributed by atoms with E-state index in [1.165, 1.54) is 57.9 Å². The fourth-order valence-corrected chi connectivity index (χ4v) is 4.06. The van der Waals surface area contributed by atoms with Crippen LogP contribution in [0.4, 0.5) is 0 Å². The van der Waals surface area contributed by atoms with Crippen molar-refractivity contribution in [3.8, 4) is 0 Å². The highest BCUT2D eigenvalue weighted by molar-refractivity contribution is 5.75. The van der Waals surface area contributed by atoms with Gasteiger partial charge >= 0.3 is 0 Å². The Morgan fingerprint density at radius 2 is 1.96 bits per heavy atom. The molecule has 1 atom stereocenters. The minimum Gasteiger partial charge on any atom is -0.356 e. The average molecular weight is 334 g/mol. The van der Waals surface area contributed by atoms with Gasteiger partial charge in [-0.25, -0.2) is 4.68 Å². The molecule has 24 heavy (non-hydrogen) atoms. The second kappa shape index (κ2) is 9.11. The second-order valence-corrected chi connectivity index (χ2v) is 7.28. The van der Waals surface area contributed by atoms with Crippen molar-refractivity contribution in [1.29, 1.82) is 0 Å². The first kappa shape index (κ1) is 17.3. The lowest BCUT2D eigenvalue weighted by atomic mass is 9.94. The van der Waals surface area contributed by atoms with Crippen molar-refractivity contribution in [3.63, 3.8) is 0 Å². The first-order valence-corrected chi connectivity index (χ1v) is 9.53. The first-order chi connectivity index (χ1) is 11.8. The first-order valence-electron chi connectivity index (χ1n) is 9.53. The highest BCUT2D eigenvalue weighted by atomic mass is 16.1. The van der Waals surface area contributed by atoms with Crippen LogP contribution < -0.4 is 5.32 Å². The Bertz CT molecular complexity index is 483. The van der Waals surface area contributed by atoms with E-state index < -0.39 is 0 Å². The molecule has 7 nitrogen and oxygen atoms in total. The predicted octanol–water partition coefficient (Wildman–Crippen LogP) is 1.61. The fraction of sp³-hybridized carbons (Fsp3) is 0.882. The van der Waals surface area contributed by atoms with E-state index in [9.17, 15) is 4.79 Å². The number of hydrogen-bond acceptors (Lipinski definition) is 5. The maximum absolute atomic E-state index is 12.0. The number of rotatable bonds is 6. The molecular formula is C17H30N6O. The number of piperidine rings is 1. The van der Waals surface area contributed by atoms with Gasteiger partial charge in [0.2, 0.25) is 5.91 Å². The van der Waals surface area contributed by atoms with Crippen molar-refractivity contribution in [2.24, 2.45) is 5.92 Å². The Morgan fingerprint density at radius 1 is 1.12 bits per heavy atom. The lowest BCUT2D eigenvalue weighted by Crippen LogP contribution is -2.45. The van der Waals surface area contributed by atoms with E-state index in [4.69, 9.17) is 0 Å². The molecule has 0 aromatic carbocycles. The molecule has 1 aliphatic carbocycles. The summed E-state index contributed by atoms with van der Waals surface area (Å²) in [5, 5.41) is 14.0. The summed E-state index contributed by atoms with van der Waals surface area (Å²) in [6.45, 7) is 3.74. The van der Waals surface area contributed by atoms with Gasteiger partial charge in [0.15, 0.2) is 0 Å². The highest BCUT2D eigenvalue weighted by Gasteiger charge is 2.26. The number of hydrogen-bond donors (Lipinski definition) is 1. The Kier molecular flexibility index (Phi) is 6.57. The molecule has 0 bridgehead atoms. The smallest absolute Gasteiger partial charge is 0.221 e. The molecule has 2 aliphatic rings. The number of aryl methyl sites for hydroxylation is 1. The number of tetrazole rings is 1. The fourth-order valence-electron chi connectivity index (χ4n) is 4.06. The minimum absolute atomic E-state index is 0.0945. The van der Waals surface area contributed by atoms with Crippen LogP contribution in [0.3, 0.4) is 0 Å². The van der Waals surface area contributed by atoms with E-state index in [0.29, 0.717) is 18.9 Å². The predicted molar refractivity (Wildman–Crippen MR) is 91.2 cm³/mol. The summed E-state index contributed by atoms with van der Waals surface area (Å²) in [6.07, 6.45) is 12.8. The van der Waals surface area contributed by atoms with Crippen LogP contribution in [-0.2, 0) is 11.3 Å². The zero-order chi connectivity index (χ0) is 16.6. The molecule has 0 spiro atoms. The largest absolute Gasteiger partial charge is 0.356 e. The third kappa shape index (κ3) is 5.26. The van der Waals surface area contributed by atoms with Gasteiger partial charge in [-0.2, -0.15) is 0 Å². The van der Waals surface area contributed by atoms with E-state index in [0.717, 1.165) is 19.1 Å². The Labute approximate surface area is 144 Å². The number of nitrogens with zero attached hydrogens (tertiary/aromatic N) is 5. The lowest BCUT2D eigenvalue weighted by molar-refractivity contribution is -0.121. The Morgan fingerprint density at radius 3 is 2.71 bits per heavy atom. The minimum atomic E-state index is 0.0945. The van der Waals surface area contributed by atoms with Gasteiger partial charge in [-0.3, -0.25) is 4.79 Å². The molecule has 3 rings (SSSR count). The van der Waals surface area contributed by atoms with E-state index in [1.54, 1.807) is 11.0 Å². The molecule has 1 aliphatic heterocycles. The number of carbonyl (C=O) groups excluding carboxylic acids is 1. The molecule has 7 heteroatoms. The van der Waals surface area contributed by atoms with Crippen LogP contribution in [0.2, 0.25) is 0 Å². The van der Waals surface area contributed by atoms with Gasteiger partial charge in [0.25, 0.3) is 0 Å². The summed E-state index contributed by atoms with van der Waals surface area (Å²) in [4.78, 5) is 14.7. The maximum atomic E-state index is 12.0. The molecule has 2 fully saturated rings. The molecule has 0 unspecified atom stereocenters. The van der Waals surface area contributed by atoms with Gasteiger partial charge in [0.05, 0.1) is 6.54 Å². The number of aromatic nitrogens is 4. The second-order valence-electron chi connectivity index (χ2n) is 7.28. The molecule has 1 aromatic heterocycles. The van der Waals surface area contributed by atoms with Crippen LogP contribution in [-0.4, -0.2) is 56.7 Å². The molecule has 2 heterocycles. The molecule has 1 aromatic rings. The van der Waals surface area contributed by atoms with Crippen molar-refractivity contribution in [1.82, 2.24) is 30.4 Å². The summed E-state index contributed by atoms with van der Waals surface area (Å²) in [5.74, 6) is 0.691. The number of carbonyl (C=O) groups is 1. The van der Waals surface area contributed by atoms with E-state index in [-0.39, 0.29) is 5.91 Å². The normalized spacial score (nSPS) is 23.8. The number of nitrogens with one attached hydrogen (secondary N) is 1. The van der Waals surface area contributed by atoms with Crippen LogP contribution in [0.5, 0.6) is 0 Å². The number of amides is 1. The van der Waals surface area contributed by atoms with Crippen molar-refractivity contribution >= 4 is 5.91 Å². The van der Waals surface area contributed by atoms with Crippen LogP contribution >= 0.6 is 0 Å². The summed E-state index contributed by atoms with van der Waals surface area (Å²) in [7, 11) is 0. The lowest BCUT2D eigenvalue weighted by Gasteiger charge is -2.38. The summed E-state index contributed by atoms with van der Waals surface area (Å²) in [5.41, 5.74) is 0. The summed E-state index contributed by atoms with van der Waals surface area (Å²) in [6, 6.07) is 0.783. The molecule has 1 amide bonds. The van der Waals surface area contributed by atoms with Crippen LogP contribution in [0.15, 0.2) is 6.33 Å². The third-order valence-corrected chi connectivity index (χ3v) is 5.44. The van der Waals surface area contributed by atoms with E-state index in [2.05, 4.69) is 25.7 Å². The molecule has 0 radical (unpaired) electrons. The molecule has 1 saturated heterocycles. The topological polar surface area (TPSA) is 75.9 Å². The standard InChI is InChI=1S/C17H30N6O/c24-17(9-11-23-14-19-20-21-23)18-12-15-6-5-10-22(13-15)16-7-3-1-2-4-8-16/h14-16H,1-13H2,(H,18,24)/t15-/m0/s1. The zero-order valence-electron chi connectivity index (χ0n) is 14.6. The summed E-state index contributed by atoms with van der Waals surface area (Å²) < 4.78 is 1.59. The number of likely N-dealkylation sites (tertiary alicyclic amines) is 1. The van der Waals surface area contributed by atoms with Gasteiger partial charge in [-0.05, 0) is 48.6 Å². The van der Waals surface area contributed by atoms with E-state index >= 15 is 0 Å². The Hall–Kier alpha value is -1.50. The average Bonchev–Trinajstić information content (AvgIpc) is 2.98. The summed E-state index contributed by atoms with van der Waals surface area (Å²) >= 11 is 0. The van der Waals surface area contributed by atoms with Crippen LogP contribution in [0.25, 0.3) is 0 Å². The van der Waals surface area contributed by atoms with Crippen molar-refractivity contribution < 1.29 is 4.79 Å². The highest BCUT2D eigenvalue weighted by Crippen LogP contribution is 2.26. The van der Waals surface area contributed by atoms with Gasteiger partial charge in [0.1, 0.15) is 6.33 Å². The third-order valence-electron chi connectivity index (χ3n) is 5.44. The van der Waals surface area contributed by atoms with Crippen LogP contribution in [0, 0.1) is 5.92 Å². The van der Waals surface area contributed by atoms with Crippen molar-refractivity contribution in [2.45, 2.75) is 70.4 Å². The van der Waals surface area contributed by atoms with Crippen molar-refractivity contribution in [2.75, 3.05) is 19.6 Å². The maximum Gasteiger partial charge on any atom is 0.221 e. The molecule has 1 saturated carbocycles. The molecule has 1 N–H and O–H groups in total. The van der Waals surface area contributed by atoms with Gasteiger partial charge in [0, 0.05) is 25.6 Å². The molecule has 134 valence electrons. The molecular weight excluding hydrogens is 304 g/mol. The zero-order valence-corrected chi connectivity index (χ0v) is 14.6. The van der Waals surface area contributed by atoms with Gasteiger partial charge in [-0.15, -0.1) is 5.10 Å². The SMILES string of the molecule is O=C(CCn1cnnn1)NC[C@@H]1CCCN(C2CCCCCC2)C1.